The van der Waals surface area contributed by atoms with Gasteiger partial charge in [-0.05, 0) is 75.8 Å². The number of carbonyl (C=O) groups excluding carboxylic acids is 1. The molecule has 14 heteroatoms. The maximum atomic E-state index is 13.4. The Morgan fingerprint density at radius 3 is 2.25 bits per heavy atom. The van der Waals surface area contributed by atoms with Crippen LogP contribution < -0.4 is 14.8 Å². The van der Waals surface area contributed by atoms with Gasteiger partial charge in [0.05, 0.1) is 22.7 Å². The smallest absolute Gasteiger partial charge is 0.410 e. The van der Waals surface area contributed by atoms with E-state index in [1.54, 1.807) is 11.0 Å². The van der Waals surface area contributed by atoms with Crippen molar-refractivity contribution < 1.29 is 32.6 Å². The highest BCUT2D eigenvalue weighted by molar-refractivity contribution is 7.92. The van der Waals surface area contributed by atoms with Crippen molar-refractivity contribution in [2.45, 2.75) is 84.5 Å². The largest absolute Gasteiger partial charge is 0.478 e. The highest BCUT2D eigenvalue weighted by Crippen LogP contribution is 2.30. The van der Waals surface area contributed by atoms with E-state index >= 15 is 0 Å². The lowest BCUT2D eigenvalue weighted by Gasteiger charge is -2.31. The van der Waals surface area contributed by atoms with Crippen LogP contribution in [0.15, 0.2) is 53.4 Å². The van der Waals surface area contributed by atoms with Crippen LogP contribution in [0.5, 0.6) is 5.88 Å². The Morgan fingerprint density at radius 2 is 1.65 bits per heavy atom. The van der Waals surface area contributed by atoms with Crippen LogP contribution in [0.4, 0.5) is 10.7 Å². The quantitative estimate of drug-likeness (QED) is 0.251. The molecule has 0 spiro atoms. The van der Waals surface area contributed by atoms with Crippen LogP contribution in [0.25, 0.3) is 11.3 Å². The lowest BCUT2D eigenvalue weighted by atomic mass is 9.88. The molecular formula is C34H46ClN5O7S. The minimum atomic E-state index is -4.28. The minimum absolute atomic E-state index is 0. The van der Waals surface area contributed by atoms with Gasteiger partial charge in [0, 0.05) is 30.8 Å². The summed E-state index contributed by atoms with van der Waals surface area (Å²) in [4.78, 5) is 35.1. The van der Waals surface area contributed by atoms with Crippen molar-refractivity contribution in [1.82, 2.24) is 20.2 Å². The molecule has 0 aliphatic carbocycles. The van der Waals surface area contributed by atoms with Crippen LogP contribution in [0.3, 0.4) is 0 Å². The van der Waals surface area contributed by atoms with Crippen LogP contribution in [-0.2, 0) is 14.8 Å². The summed E-state index contributed by atoms with van der Waals surface area (Å²) in [6, 6.07) is 12.4. The van der Waals surface area contributed by atoms with E-state index in [0.29, 0.717) is 18.8 Å². The Morgan fingerprint density at radius 1 is 1.00 bits per heavy atom. The number of sulfonamides is 1. The average Bonchev–Trinajstić information content (AvgIpc) is 3.13. The van der Waals surface area contributed by atoms with Gasteiger partial charge in [0.15, 0.2) is 0 Å². The van der Waals surface area contributed by atoms with Crippen molar-refractivity contribution in [3.63, 3.8) is 0 Å². The number of aromatic carboxylic acids is 1. The molecule has 0 unspecified atom stereocenters. The fraction of sp³-hybridized carbons (Fsp3) is 0.471. The molecule has 1 aliphatic rings. The van der Waals surface area contributed by atoms with Gasteiger partial charge >= 0.3 is 12.1 Å². The van der Waals surface area contributed by atoms with Gasteiger partial charge < -0.3 is 24.8 Å². The van der Waals surface area contributed by atoms with Crippen LogP contribution in [-0.4, -0.2) is 77.8 Å². The Labute approximate surface area is 289 Å². The van der Waals surface area contributed by atoms with Crippen molar-refractivity contribution in [2.75, 3.05) is 24.4 Å². The fourth-order valence-electron chi connectivity index (χ4n) is 5.47. The molecule has 12 nitrogen and oxygen atoms in total. The minimum Gasteiger partial charge on any atom is -0.478 e. The van der Waals surface area contributed by atoms with E-state index < -0.39 is 33.8 Å². The predicted octanol–water partition coefficient (Wildman–Crippen LogP) is 6.07. The van der Waals surface area contributed by atoms with Gasteiger partial charge in [-0.25, -0.2) is 27.7 Å². The van der Waals surface area contributed by atoms with Crippen molar-refractivity contribution >= 4 is 40.4 Å². The summed E-state index contributed by atoms with van der Waals surface area (Å²) in [5.74, 6) is -1.41. The number of hydrogen-bond acceptors (Lipinski definition) is 9. The van der Waals surface area contributed by atoms with Gasteiger partial charge in [0.1, 0.15) is 11.7 Å². The number of amides is 1. The first-order chi connectivity index (χ1) is 21.8. The molecule has 2 heterocycles. The molecule has 3 aromatic rings. The molecule has 48 heavy (non-hydrogen) atoms. The highest BCUT2D eigenvalue weighted by Gasteiger charge is 2.33. The van der Waals surface area contributed by atoms with Gasteiger partial charge in [-0.1, -0.05) is 45.0 Å². The van der Waals surface area contributed by atoms with Gasteiger partial charge in [-0.3, -0.25) is 0 Å². The third-order valence-electron chi connectivity index (χ3n) is 7.35. The number of hydrogen-bond donors (Lipinski definition) is 3. The summed E-state index contributed by atoms with van der Waals surface area (Å²) in [5.41, 5.74) is 2.18. The van der Waals surface area contributed by atoms with Crippen LogP contribution in [0, 0.1) is 19.3 Å². The first kappa shape index (κ1) is 38.5. The highest BCUT2D eigenvalue weighted by atomic mass is 35.5. The molecule has 1 fully saturated rings. The normalized spacial score (nSPS) is 17.1. The topological polar surface area (TPSA) is 160 Å². The third kappa shape index (κ3) is 10.5. The molecule has 0 radical (unpaired) electrons. The number of rotatable bonds is 8. The number of aryl methyl sites for hydroxylation is 2. The molecule has 0 bridgehead atoms. The maximum absolute atomic E-state index is 13.4. The molecule has 1 saturated heterocycles. The number of nitrogens with zero attached hydrogens (tertiary/aromatic N) is 3. The number of anilines is 1. The maximum Gasteiger partial charge on any atom is 0.410 e. The fourth-order valence-corrected chi connectivity index (χ4v) is 6.46. The molecular weight excluding hydrogens is 658 g/mol. The van der Waals surface area contributed by atoms with E-state index in [-0.39, 0.29) is 52.7 Å². The van der Waals surface area contributed by atoms with Crippen LogP contribution >= 0.6 is 12.4 Å². The number of aromatic nitrogens is 2. The first-order valence-corrected chi connectivity index (χ1v) is 17.0. The van der Waals surface area contributed by atoms with Crippen molar-refractivity contribution in [3.05, 3.63) is 65.2 Å². The first-order valence-electron chi connectivity index (χ1n) is 15.5. The Bertz CT molecular complexity index is 1720. The van der Waals surface area contributed by atoms with E-state index in [9.17, 15) is 23.1 Å². The SMILES string of the molecule is Cc1cccc(C)c1-c1cc(O[C@H]2CN[C@@H](CC(C)(C)C)CN(C(=O)OC(C)(C)C)C2)nc(NS(=O)(=O)c2cccc(C(=O)O)c2)n1.Cl. The Balaban J connectivity index is 0.00000625. The summed E-state index contributed by atoms with van der Waals surface area (Å²) in [6.07, 6.45) is -0.215. The van der Waals surface area contributed by atoms with Crippen LogP contribution in [0.2, 0.25) is 0 Å². The Hall–Kier alpha value is -3.94. The van der Waals surface area contributed by atoms with E-state index in [2.05, 4.69) is 40.8 Å². The molecule has 0 saturated carbocycles. The van der Waals surface area contributed by atoms with E-state index in [4.69, 9.17) is 9.47 Å². The molecule has 4 rings (SSSR count). The van der Waals surface area contributed by atoms with Crippen LogP contribution in [0.1, 0.15) is 69.4 Å². The number of nitrogens with one attached hydrogen (secondary N) is 2. The summed E-state index contributed by atoms with van der Waals surface area (Å²) in [6.45, 7) is 16.7. The number of carboxylic acids is 1. The molecule has 2 aromatic carbocycles. The van der Waals surface area contributed by atoms with Gasteiger partial charge in [0.25, 0.3) is 10.0 Å². The average molecular weight is 704 g/mol. The number of carbonyl (C=O) groups is 2. The summed E-state index contributed by atoms with van der Waals surface area (Å²) in [7, 11) is -4.28. The zero-order chi connectivity index (χ0) is 34.7. The summed E-state index contributed by atoms with van der Waals surface area (Å²) >= 11 is 0. The van der Waals surface area contributed by atoms with Gasteiger partial charge in [0.2, 0.25) is 11.8 Å². The third-order valence-corrected chi connectivity index (χ3v) is 8.68. The van der Waals surface area contributed by atoms with Crippen molar-refractivity contribution in [1.29, 1.82) is 0 Å². The van der Waals surface area contributed by atoms with Crippen molar-refractivity contribution in [2.24, 2.45) is 5.41 Å². The zero-order valence-electron chi connectivity index (χ0n) is 28.7. The summed E-state index contributed by atoms with van der Waals surface area (Å²) < 4.78 is 41.3. The van der Waals surface area contributed by atoms with E-state index in [1.807, 2.05) is 52.8 Å². The second-order valence-corrected chi connectivity index (χ2v) is 15.8. The molecule has 3 N–H and O–H groups in total. The number of ether oxygens (including phenoxy) is 2. The molecule has 1 amide bonds. The number of carboxylic acid groups (broad SMARTS) is 1. The Kier molecular flexibility index (Phi) is 12.1. The second-order valence-electron chi connectivity index (χ2n) is 14.1. The number of halogens is 1. The predicted molar refractivity (Wildman–Crippen MR) is 186 cm³/mol. The zero-order valence-corrected chi connectivity index (χ0v) is 30.3. The van der Waals surface area contributed by atoms with E-state index in [1.165, 1.54) is 18.2 Å². The van der Waals surface area contributed by atoms with E-state index in [0.717, 1.165) is 29.2 Å². The van der Waals surface area contributed by atoms with Gasteiger partial charge in [-0.15, -0.1) is 12.4 Å². The monoisotopic (exact) mass is 703 g/mol. The number of benzene rings is 2. The standard InChI is InChI=1S/C34H45N5O7S.ClH/c1-21-11-9-12-22(2)29(21)27-16-28(37-31(36-27)38-47(43,44)26-14-10-13-23(15-26)30(40)41)45-25-18-35-24(17-33(3,4)5)19-39(20-25)32(42)46-34(6,7)8;/h9-16,24-25,35H,17-20H2,1-8H3,(H,40,41)(H,36,37,38);1H/t24-,25-;/m0./s1. The van der Waals surface area contributed by atoms with Crippen molar-refractivity contribution in [3.8, 4) is 17.1 Å². The molecule has 1 aromatic heterocycles. The lowest BCUT2D eigenvalue weighted by Crippen LogP contribution is -2.44. The lowest BCUT2D eigenvalue weighted by molar-refractivity contribution is 0.0183. The molecule has 2 atom stereocenters. The summed E-state index contributed by atoms with van der Waals surface area (Å²) in [5, 5.41) is 12.9. The molecule has 1 aliphatic heterocycles. The molecule has 262 valence electrons. The van der Waals surface area contributed by atoms with Gasteiger partial charge in [-0.2, -0.15) is 4.98 Å². The second kappa shape index (κ2) is 15.1.